The fourth-order valence-electron chi connectivity index (χ4n) is 8.41. The number of halogens is 4. The van der Waals surface area contributed by atoms with Gasteiger partial charge in [0.1, 0.15) is 31.0 Å². The molecule has 14 nitrogen and oxygen atoms in total. The molecule has 68 heavy (non-hydrogen) atoms. The number of thiazole rings is 1. The molecule has 1 aromatic heterocycles. The predicted octanol–water partition coefficient (Wildman–Crippen LogP) is 6.85. The van der Waals surface area contributed by atoms with Gasteiger partial charge in [-0.05, 0) is 85.2 Å². The number of fused-ring (bicyclic) bond motifs is 2. The molecule has 1 saturated heterocycles. The standard InChI is InChI=1S/C49H62F2N6O8S.2ClH/c1-31(52-5)45(58)55-44(49(2,3)4)47(60)57-29-34-27-35(14-13-33(34)28-41(57)46(59)53-39-12-8-10-32-9-6-7-11-36(32)39)64-25-23-62-21-22-63-24-26-65-43-37(15-16-38(50)42(43)51)40-30-66-48(54-40)56-17-19-61-20-18-56;;/h6-7,9,11,13-16,27,30-31,39,41,44,52H,8,10,12,17-26,28-29H2,1-5H3,(H,53,59)(H,55,58);2*1H/t31?,39-,41?,44?;;/m1../s1. The van der Waals surface area contributed by atoms with Crippen molar-refractivity contribution < 1.29 is 46.8 Å². The van der Waals surface area contributed by atoms with Crippen LogP contribution in [0.4, 0.5) is 13.9 Å². The lowest BCUT2D eigenvalue weighted by atomic mass is 9.83. The second-order valence-corrected chi connectivity index (χ2v) is 18.7. The summed E-state index contributed by atoms with van der Waals surface area (Å²) in [7, 11) is 1.69. The van der Waals surface area contributed by atoms with Crippen LogP contribution in [0.3, 0.4) is 0 Å². The quantitative estimate of drug-likeness (QED) is 0.0847. The van der Waals surface area contributed by atoms with Gasteiger partial charge in [0.2, 0.25) is 23.5 Å². The molecule has 3 aliphatic rings. The molecule has 19 heteroatoms. The third kappa shape index (κ3) is 13.6. The topological polar surface area (TPSA) is 153 Å². The number of morpholine rings is 1. The first-order valence-electron chi connectivity index (χ1n) is 22.8. The lowest BCUT2D eigenvalue weighted by molar-refractivity contribution is -0.147. The van der Waals surface area contributed by atoms with Gasteiger partial charge in [-0.2, -0.15) is 4.39 Å². The Morgan fingerprint density at radius 2 is 1.62 bits per heavy atom. The van der Waals surface area contributed by atoms with E-state index in [1.807, 2.05) is 51.1 Å². The van der Waals surface area contributed by atoms with E-state index in [-0.39, 0.29) is 101 Å². The Morgan fingerprint density at radius 3 is 2.34 bits per heavy atom. The van der Waals surface area contributed by atoms with Crippen molar-refractivity contribution in [2.45, 2.75) is 84.1 Å². The van der Waals surface area contributed by atoms with Gasteiger partial charge in [0.05, 0.1) is 57.4 Å². The van der Waals surface area contributed by atoms with Gasteiger partial charge in [-0.25, -0.2) is 9.37 Å². The molecule has 4 atom stereocenters. The summed E-state index contributed by atoms with van der Waals surface area (Å²) in [6.07, 6.45) is 3.02. The van der Waals surface area contributed by atoms with Gasteiger partial charge >= 0.3 is 0 Å². The van der Waals surface area contributed by atoms with E-state index in [1.165, 1.54) is 23.0 Å². The van der Waals surface area contributed by atoms with E-state index in [1.54, 1.807) is 24.3 Å². The summed E-state index contributed by atoms with van der Waals surface area (Å²) in [5.41, 5.74) is 4.32. The van der Waals surface area contributed by atoms with Crippen LogP contribution in [0.1, 0.15) is 68.8 Å². The molecule has 4 aromatic rings. The van der Waals surface area contributed by atoms with E-state index in [4.69, 9.17) is 23.7 Å². The Balaban J connectivity index is 0.00000432. The van der Waals surface area contributed by atoms with E-state index in [0.29, 0.717) is 49.7 Å². The summed E-state index contributed by atoms with van der Waals surface area (Å²) in [6.45, 7) is 11.3. The number of nitrogens with zero attached hydrogens (tertiary/aromatic N) is 3. The highest BCUT2D eigenvalue weighted by molar-refractivity contribution is 7.14. The van der Waals surface area contributed by atoms with Crippen molar-refractivity contribution in [2.75, 3.05) is 77.9 Å². The van der Waals surface area contributed by atoms with E-state index in [9.17, 15) is 23.2 Å². The van der Waals surface area contributed by atoms with Crippen LogP contribution in [-0.2, 0) is 48.0 Å². The number of anilines is 1. The molecule has 1 fully saturated rings. The minimum absolute atomic E-state index is 0. The van der Waals surface area contributed by atoms with Crippen molar-refractivity contribution in [1.82, 2.24) is 25.8 Å². The molecule has 2 aliphatic heterocycles. The highest BCUT2D eigenvalue weighted by atomic mass is 35.5. The number of hydrogen-bond acceptors (Lipinski definition) is 12. The van der Waals surface area contributed by atoms with Crippen molar-refractivity contribution >= 4 is 59.0 Å². The van der Waals surface area contributed by atoms with Crippen molar-refractivity contribution in [3.05, 3.63) is 93.9 Å². The Kier molecular flexibility index (Phi) is 20.2. The van der Waals surface area contributed by atoms with Gasteiger partial charge < -0.3 is 49.4 Å². The van der Waals surface area contributed by atoms with E-state index >= 15 is 0 Å². The molecule has 7 rings (SSSR count). The van der Waals surface area contributed by atoms with E-state index in [0.717, 1.165) is 47.2 Å². The van der Waals surface area contributed by atoms with Crippen LogP contribution >= 0.6 is 36.2 Å². The van der Waals surface area contributed by atoms with Crippen LogP contribution in [0, 0.1) is 17.0 Å². The summed E-state index contributed by atoms with van der Waals surface area (Å²) in [6, 6.07) is 14.0. The van der Waals surface area contributed by atoms with E-state index in [2.05, 4.69) is 38.0 Å². The van der Waals surface area contributed by atoms with Gasteiger partial charge in [0.15, 0.2) is 16.7 Å². The maximum absolute atomic E-state index is 14.9. The van der Waals surface area contributed by atoms with Gasteiger partial charge in [0, 0.05) is 37.0 Å². The second kappa shape index (κ2) is 25.3. The fourth-order valence-corrected chi connectivity index (χ4v) is 9.29. The molecule has 0 radical (unpaired) electrons. The molecule has 3 unspecified atom stereocenters. The average molecular weight is 1010 g/mol. The Hall–Kier alpha value is -4.62. The van der Waals surface area contributed by atoms with Crippen LogP contribution in [0.15, 0.2) is 60.0 Å². The van der Waals surface area contributed by atoms with Crippen molar-refractivity contribution in [3.8, 4) is 22.8 Å². The van der Waals surface area contributed by atoms with E-state index < -0.39 is 35.2 Å². The Labute approximate surface area is 414 Å². The number of aryl methyl sites for hydroxylation is 1. The molecule has 0 bridgehead atoms. The number of likely N-dealkylation sites (N-methyl/N-ethyl adjacent to an activating group) is 1. The number of benzene rings is 3. The third-order valence-corrected chi connectivity index (χ3v) is 13.1. The minimum atomic E-state index is -1.08. The molecule has 3 N–H and O–H groups in total. The van der Waals surface area contributed by atoms with Gasteiger partial charge in [-0.1, -0.05) is 51.1 Å². The minimum Gasteiger partial charge on any atom is -0.491 e. The van der Waals surface area contributed by atoms with Crippen molar-refractivity contribution in [2.24, 2.45) is 5.41 Å². The number of aromatic nitrogens is 1. The predicted molar refractivity (Wildman–Crippen MR) is 262 cm³/mol. The molecule has 0 saturated carbocycles. The van der Waals surface area contributed by atoms with Gasteiger partial charge in [0.25, 0.3) is 0 Å². The highest BCUT2D eigenvalue weighted by Gasteiger charge is 2.43. The highest BCUT2D eigenvalue weighted by Crippen LogP contribution is 2.37. The number of ether oxygens (including phenoxy) is 5. The van der Waals surface area contributed by atoms with Gasteiger partial charge in [-0.3, -0.25) is 14.4 Å². The maximum Gasteiger partial charge on any atom is 0.246 e. The number of carbonyl (C=O) groups excluding carboxylic acids is 3. The number of hydrogen-bond donors (Lipinski definition) is 3. The largest absolute Gasteiger partial charge is 0.491 e. The first-order chi connectivity index (χ1) is 31.8. The molecular formula is C49H64Cl2F2N6O8S. The van der Waals surface area contributed by atoms with Crippen LogP contribution in [-0.4, -0.2) is 119 Å². The number of nitrogens with one attached hydrogen (secondary N) is 3. The zero-order valence-electron chi connectivity index (χ0n) is 39.3. The van der Waals surface area contributed by atoms with Crippen LogP contribution in [0.25, 0.3) is 11.3 Å². The Morgan fingerprint density at radius 1 is 0.912 bits per heavy atom. The molecule has 3 amide bonds. The molecular weight excluding hydrogens is 942 g/mol. The normalized spacial score (nSPS) is 17.6. The zero-order valence-corrected chi connectivity index (χ0v) is 41.7. The zero-order chi connectivity index (χ0) is 46.8. The lowest BCUT2D eigenvalue weighted by Crippen LogP contribution is -2.62. The SMILES string of the molecule is CNC(C)C(=O)NC(C(=O)N1Cc2cc(OCCOCCOCCOc3c(-c4csc(N5CCOCC5)n4)ccc(F)c3F)ccc2CC1C(=O)N[C@@H]1CCCc2ccccc21)C(C)(C)C.Cl.Cl. The molecule has 0 spiro atoms. The van der Waals surface area contributed by atoms with Crippen molar-refractivity contribution in [3.63, 3.8) is 0 Å². The first-order valence-corrected chi connectivity index (χ1v) is 23.7. The van der Waals surface area contributed by atoms with Crippen molar-refractivity contribution in [1.29, 1.82) is 0 Å². The smallest absolute Gasteiger partial charge is 0.246 e. The summed E-state index contributed by atoms with van der Waals surface area (Å²) < 4.78 is 57.7. The number of amides is 3. The number of rotatable bonds is 19. The second-order valence-electron chi connectivity index (χ2n) is 17.9. The lowest BCUT2D eigenvalue weighted by Gasteiger charge is -2.41. The summed E-state index contributed by atoms with van der Waals surface area (Å²) in [5, 5.41) is 11.8. The monoisotopic (exact) mass is 1000 g/mol. The maximum atomic E-state index is 14.9. The molecule has 3 heterocycles. The Bertz CT molecular complexity index is 2310. The molecule has 372 valence electrons. The fraction of sp³-hybridized carbons (Fsp3) is 0.510. The van der Waals surface area contributed by atoms with Crippen LogP contribution in [0.5, 0.6) is 11.5 Å². The summed E-state index contributed by atoms with van der Waals surface area (Å²) in [4.78, 5) is 50.5. The average Bonchev–Trinajstić information content (AvgIpc) is 3.82. The molecule has 1 aliphatic carbocycles. The third-order valence-electron chi connectivity index (χ3n) is 12.2. The number of carbonyl (C=O) groups is 3. The van der Waals surface area contributed by atoms with Crippen LogP contribution in [0.2, 0.25) is 0 Å². The van der Waals surface area contributed by atoms with Crippen LogP contribution < -0.4 is 30.3 Å². The summed E-state index contributed by atoms with van der Waals surface area (Å²) >= 11 is 1.43. The first kappa shape index (κ1) is 54.3. The molecule has 3 aromatic carbocycles. The van der Waals surface area contributed by atoms with Gasteiger partial charge in [-0.15, -0.1) is 36.2 Å². The summed E-state index contributed by atoms with van der Waals surface area (Å²) in [5.74, 6) is -2.58.